The highest BCUT2D eigenvalue weighted by Gasteiger charge is 2.74. The van der Waals surface area contributed by atoms with E-state index in [1.54, 1.807) is 13.2 Å². The van der Waals surface area contributed by atoms with Crippen molar-refractivity contribution in [2.24, 2.45) is 23.0 Å². The summed E-state index contributed by atoms with van der Waals surface area (Å²) in [5.41, 5.74) is 6.15. The van der Waals surface area contributed by atoms with Gasteiger partial charge in [-0.2, -0.15) is 0 Å². The number of piperidine rings is 1. The second-order valence-corrected chi connectivity index (χ2v) is 7.62. The molecule has 2 aliphatic heterocycles. The normalized spacial score (nSPS) is 50.0. The largest absolute Gasteiger partial charge is 0.493 e. The predicted octanol–water partition coefficient (Wildman–Crippen LogP) is 0.976. The van der Waals surface area contributed by atoms with Crippen LogP contribution in [-0.4, -0.2) is 49.1 Å². The highest BCUT2D eigenvalue weighted by atomic mass is 16.5. The summed E-state index contributed by atoms with van der Waals surface area (Å²) in [5.74, 6) is 2.16. The highest BCUT2D eigenvalue weighted by molar-refractivity contribution is 5.97. The number of rotatable bonds is 1. The van der Waals surface area contributed by atoms with Crippen molar-refractivity contribution in [3.05, 3.63) is 35.8 Å². The molecule has 6 atom stereocenters. The van der Waals surface area contributed by atoms with Gasteiger partial charge in [0.15, 0.2) is 17.6 Å². The van der Waals surface area contributed by atoms with Gasteiger partial charge in [-0.15, -0.1) is 0 Å². The Labute approximate surface area is 135 Å². The second kappa shape index (κ2) is 4.08. The first kappa shape index (κ1) is 13.8. The molecule has 5 nitrogen and oxygen atoms in total. The molecule has 1 spiro atoms. The number of nitrogens with two attached hydrogens (primary N) is 1. The van der Waals surface area contributed by atoms with E-state index in [0.29, 0.717) is 5.92 Å². The Morgan fingerprint density at radius 3 is 3.04 bits per heavy atom. The maximum absolute atomic E-state index is 12.6. The van der Waals surface area contributed by atoms with Crippen molar-refractivity contribution >= 4 is 5.78 Å². The van der Waals surface area contributed by atoms with E-state index in [-0.39, 0.29) is 23.2 Å². The van der Waals surface area contributed by atoms with Crippen LogP contribution in [0.25, 0.3) is 0 Å². The van der Waals surface area contributed by atoms with Crippen molar-refractivity contribution < 1.29 is 14.3 Å². The summed E-state index contributed by atoms with van der Waals surface area (Å²) in [5, 5.41) is 0. The van der Waals surface area contributed by atoms with Crippen LogP contribution in [0.15, 0.2) is 35.8 Å². The van der Waals surface area contributed by atoms with E-state index in [9.17, 15) is 4.79 Å². The molecule has 5 aliphatic rings. The number of likely N-dealkylation sites (tertiary alicyclic amines) is 1. The van der Waals surface area contributed by atoms with Crippen LogP contribution in [0.2, 0.25) is 0 Å². The maximum Gasteiger partial charge on any atom is 0.196 e. The second-order valence-electron chi connectivity index (χ2n) is 7.62. The summed E-state index contributed by atoms with van der Waals surface area (Å²) in [7, 11) is 3.80. The lowest BCUT2D eigenvalue weighted by Gasteiger charge is -2.64. The molecule has 2 heterocycles. The molecule has 122 valence electrons. The van der Waals surface area contributed by atoms with Crippen molar-refractivity contribution in [1.82, 2.24) is 4.90 Å². The molecule has 3 fully saturated rings. The lowest BCUT2D eigenvalue weighted by atomic mass is 9.44. The number of nitrogens with zero attached hydrogens (tertiary/aromatic N) is 1. The number of likely N-dealkylation sites (N-methyl/N-ethyl adjacent to an activating group) is 1. The smallest absolute Gasteiger partial charge is 0.196 e. The third-order valence-electron chi connectivity index (χ3n) is 6.98. The molecule has 1 saturated carbocycles. The zero-order valence-corrected chi connectivity index (χ0v) is 13.5. The van der Waals surface area contributed by atoms with E-state index >= 15 is 0 Å². The Kier molecular flexibility index (Phi) is 2.45. The van der Waals surface area contributed by atoms with E-state index < -0.39 is 11.6 Å². The molecule has 23 heavy (non-hydrogen) atoms. The number of ether oxygens (including phenoxy) is 2. The monoisotopic (exact) mass is 314 g/mol. The van der Waals surface area contributed by atoms with Crippen molar-refractivity contribution in [2.45, 2.75) is 30.5 Å². The van der Waals surface area contributed by atoms with E-state index in [1.165, 1.54) is 0 Å². The van der Waals surface area contributed by atoms with Crippen molar-refractivity contribution in [2.75, 3.05) is 20.7 Å². The zero-order valence-electron chi connectivity index (χ0n) is 13.5. The molecule has 0 aromatic heterocycles. The molecule has 0 radical (unpaired) electrons. The molecular weight excluding hydrogens is 292 g/mol. The molecule has 2 bridgehead atoms. The molecule has 2 N–H and O–H groups in total. The molecule has 5 heteroatoms. The number of carbonyl (C=O) groups is 1. The summed E-state index contributed by atoms with van der Waals surface area (Å²) in [6, 6.07) is 0.237. The van der Waals surface area contributed by atoms with Gasteiger partial charge < -0.3 is 20.1 Å². The highest BCUT2D eigenvalue weighted by Crippen LogP contribution is 2.67. The van der Waals surface area contributed by atoms with Gasteiger partial charge in [0.2, 0.25) is 0 Å². The maximum atomic E-state index is 12.6. The minimum Gasteiger partial charge on any atom is -0.493 e. The van der Waals surface area contributed by atoms with Gasteiger partial charge in [0.25, 0.3) is 0 Å². The van der Waals surface area contributed by atoms with Gasteiger partial charge in [-0.25, -0.2) is 0 Å². The van der Waals surface area contributed by atoms with Crippen LogP contribution in [0.3, 0.4) is 0 Å². The first-order valence-electron chi connectivity index (χ1n) is 8.38. The van der Waals surface area contributed by atoms with E-state index in [0.717, 1.165) is 30.9 Å². The van der Waals surface area contributed by atoms with Crippen LogP contribution in [0.1, 0.15) is 12.8 Å². The van der Waals surface area contributed by atoms with Gasteiger partial charge in [0, 0.05) is 17.4 Å². The molecule has 2 saturated heterocycles. The van der Waals surface area contributed by atoms with Gasteiger partial charge >= 0.3 is 0 Å². The van der Waals surface area contributed by atoms with Gasteiger partial charge in [-0.1, -0.05) is 12.2 Å². The van der Waals surface area contributed by atoms with Crippen LogP contribution in [-0.2, 0) is 14.3 Å². The number of hydrogen-bond acceptors (Lipinski definition) is 5. The average Bonchev–Trinajstić information content (AvgIpc) is 2.90. The number of ketones is 1. The van der Waals surface area contributed by atoms with Gasteiger partial charge in [0.05, 0.1) is 12.6 Å². The molecule has 0 aromatic rings. The minimum absolute atomic E-state index is 0.0485. The lowest BCUT2D eigenvalue weighted by Crippen LogP contribution is -2.78. The van der Waals surface area contributed by atoms with Crippen LogP contribution in [0, 0.1) is 17.3 Å². The van der Waals surface area contributed by atoms with E-state index in [1.807, 2.05) is 12.2 Å². The Bertz CT molecular complexity index is 696. The van der Waals surface area contributed by atoms with Crippen molar-refractivity contribution in [3.63, 3.8) is 0 Å². The van der Waals surface area contributed by atoms with Crippen LogP contribution >= 0.6 is 0 Å². The summed E-state index contributed by atoms with van der Waals surface area (Å²) in [4.78, 5) is 15.0. The third kappa shape index (κ3) is 1.32. The number of allylic oxidation sites excluding steroid dienone is 3. The van der Waals surface area contributed by atoms with Crippen LogP contribution in [0.5, 0.6) is 0 Å². The number of carbonyl (C=O) groups excluding carboxylic acids is 1. The number of hydrogen-bond donors (Lipinski definition) is 1. The van der Waals surface area contributed by atoms with Gasteiger partial charge in [-0.05, 0) is 44.5 Å². The van der Waals surface area contributed by atoms with Crippen molar-refractivity contribution in [3.8, 4) is 0 Å². The quantitative estimate of drug-likeness (QED) is 0.781. The molecule has 3 aliphatic carbocycles. The molecule has 0 amide bonds. The van der Waals surface area contributed by atoms with Crippen LogP contribution in [0.4, 0.5) is 0 Å². The minimum atomic E-state index is -0.522. The Hall–Kier alpha value is -1.59. The fraction of sp³-hybridized carbons (Fsp3) is 0.611. The zero-order chi connectivity index (χ0) is 16.0. The van der Waals surface area contributed by atoms with Crippen molar-refractivity contribution in [1.29, 1.82) is 0 Å². The summed E-state index contributed by atoms with van der Waals surface area (Å²) in [6.45, 7) is 0.952. The molecule has 0 aromatic carbocycles. The predicted molar refractivity (Wildman–Crippen MR) is 84.2 cm³/mol. The first-order chi connectivity index (χ1) is 11.0. The Morgan fingerprint density at radius 1 is 1.43 bits per heavy atom. The first-order valence-corrected chi connectivity index (χ1v) is 8.38. The summed E-state index contributed by atoms with van der Waals surface area (Å²) < 4.78 is 11.8. The SMILES string of the molecule is COC1=C2O[C@H]3C(=O)C=CC4(N)[C@H]5CC(C=C1)C2[C@@]34CCN5C. The summed E-state index contributed by atoms with van der Waals surface area (Å²) >= 11 is 0. The fourth-order valence-corrected chi connectivity index (χ4v) is 5.99. The summed E-state index contributed by atoms with van der Waals surface area (Å²) in [6.07, 6.45) is 9.25. The average molecular weight is 314 g/mol. The molecular formula is C18H22N2O3. The van der Waals surface area contributed by atoms with E-state index in [2.05, 4.69) is 18.0 Å². The number of methoxy groups -OCH3 is 1. The molecule has 3 unspecified atom stereocenters. The third-order valence-corrected chi connectivity index (χ3v) is 6.98. The van der Waals surface area contributed by atoms with E-state index in [4.69, 9.17) is 15.2 Å². The lowest BCUT2D eigenvalue weighted by molar-refractivity contribution is -0.145. The van der Waals surface area contributed by atoms with Gasteiger partial charge in [0.1, 0.15) is 5.76 Å². The Morgan fingerprint density at radius 2 is 2.26 bits per heavy atom. The van der Waals surface area contributed by atoms with Crippen LogP contribution < -0.4 is 5.73 Å². The topological polar surface area (TPSA) is 64.8 Å². The fourth-order valence-electron chi connectivity index (χ4n) is 5.99. The molecule has 5 rings (SSSR count). The standard InChI is InChI=1S/C18H22N2O3/c1-20-8-7-17-14-10-3-4-12(22-2)15(14)23-16(17)11(21)5-6-18(17,19)13(20)9-10/h3-6,10,13-14,16H,7-9,19H2,1-2H3/t10?,13-,14?,16+,17+,18?/m1/s1. The Balaban J connectivity index is 1.79. The van der Waals surface area contributed by atoms with Gasteiger partial charge in [-0.3, -0.25) is 4.79 Å².